The molecular weight excluding hydrogens is 528 g/mol. The number of amides is 3. The van der Waals surface area contributed by atoms with E-state index in [-0.39, 0.29) is 24.3 Å². The van der Waals surface area contributed by atoms with Gasteiger partial charge < -0.3 is 31.9 Å². The maximum atomic E-state index is 13.4. The quantitative estimate of drug-likeness (QED) is 0.156. The minimum absolute atomic E-state index is 0.0506. The van der Waals surface area contributed by atoms with Gasteiger partial charge in [-0.2, -0.15) is 24.4 Å². The van der Waals surface area contributed by atoms with E-state index in [1.54, 1.807) is 48.2 Å². The zero-order valence-corrected chi connectivity index (χ0v) is 22.7. The highest BCUT2D eigenvalue weighted by atomic mass is 32.2. The maximum absolute atomic E-state index is 13.4. The lowest BCUT2D eigenvalue weighted by Gasteiger charge is -2.25. The number of phenols is 1. The van der Waals surface area contributed by atoms with E-state index in [2.05, 4.69) is 28.6 Å². The molecule has 2 aromatic rings. The summed E-state index contributed by atoms with van der Waals surface area (Å²) in [5.41, 5.74) is 7.40. The van der Waals surface area contributed by atoms with Gasteiger partial charge in [-0.1, -0.05) is 42.5 Å². The summed E-state index contributed by atoms with van der Waals surface area (Å²) in [6.07, 6.45) is 2.47. The summed E-state index contributed by atoms with van der Waals surface area (Å²) in [4.78, 5) is 50.7. The highest BCUT2D eigenvalue weighted by Gasteiger charge is 2.30. The predicted octanol–water partition coefficient (Wildman–Crippen LogP) is 0.727. The van der Waals surface area contributed by atoms with Crippen LogP contribution in [0.25, 0.3) is 0 Å². The van der Waals surface area contributed by atoms with Crippen LogP contribution < -0.4 is 21.7 Å². The first-order chi connectivity index (χ1) is 18.1. The molecule has 3 amide bonds. The molecule has 12 heteroatoms. The van der Waals surface area contributed by atoms with Crippen molar-refractivity contribution in [1.29, 1.82) is 0 Å². The summed E-state index contributed by atoms with van der Waals surface area (Å²) in [5.74, 6) is -2.53. The van der Waals surface area contributed by atoms with Gasteiger partial charge in [-0.15, -0.1) is 0 Å². The van der Waals surface area contributed by atoms with E-state index in [0.29, 0.717) is 17.7 Å². The maximum Gasteiger partial charge on any atom is 0.327 e. The van der Waals surface area contributed by atoms with Crippen LogP contribution in [0.5, 0.6) is 5.75 Å². The highest BCUT2D eigenvalue weighted by molar-refractivity contribution is 7.98. The Bertz CT molecular complexity index is 1070. The Morgan fingerprint density at radius 1 is 0.842 bits per heavy atom. The number of hydrogen-bond donors (Lipinski definition) is 7. The molecule has 0 heterocycles. The second kappa shape index (κ2) is 15.9. The number of carboxylic acids is 1. The molecule has 4 atom stereocenters. The minimum atomic E-state index is -1.25. The minimum Gasteiger partial charge on any atom is -0.508 e. The third-order valence-corrected chi connectivity index (χ3v) is 6.70. The number of aliphatic carboxylic acids is 1. The fourth-order valence-electron chi connectivity index (χ4n) is 3.52. The summed E-state index contributed by atoms with van der Waals surface area (Å²) in [6.45, 7) is 0. The Morgan fingerprint density at radius 3 is 1.84 bits per heavy atom. The average molecular weight is 563 g/mol. The van der Waals surface area contributed by atoms with Crippen molar-refractivity contribution < 1.29 is 29.4 Å². The van der Waals surface area contributed by atoms with Gasteiger partial charge in [-0.25, -0.2) is 4.79 Å². The van der Waals surface area contributed by atoms with Crippen LogP contribution in [0.1, 0.15) is 17.5 Å². The zero-order valence-electron chi connectivity index (χ0n) is 21.0. The monoisotopic (exact) mass is 562 g/mol. The number of phenolic OH excluding ortho intramolecular Hbond substituents is 1. The van der Waals surface area contributed by atoms with E-state index in [1.165, 1.54) is 12.1 Å². The Labute approximate surface area is 231 Å². The van der Waals surface area contributed by atoms with Crippen molar-refractivity contribution in [1.82, 2.24) is 16.0 Å². The highest BCUT2D eigenvalue weighted by Crippen LogP contribution is 2.13. The normalized spacial score (nSPS) is 14.0. The molecule has 0 aliphatic rings. The number of aromatic hydroxyl groups is 1. The number of nitrogens with two attached hydrogens (primary N) is 1. The molecule has 2 aromatic carbocycles. The lowest BCUT2D eigenvalue weighted by Crippen LogP contribution is -2.58. The van der Waals surface area contributed by atoms with Crippen LogP contribution in [-0.4, -0.2) is 75.8 Å². The van der Waals surface area contributed by atoms with Crippen molar-refractivity contribution in [3.05, 3.63) is 65.7 Å². The van der Waals surface area contributed by atoms with Crippen LogP contribution in [0.2, 0.25) is 0 Å². The molecule has 0 radical (unpaired) electrons. The average Bonchev–Trinajstić information content (AvgIpc) is 2.90. The van der Waals surface area contributed by atoms with Gasteiger partial charge in [-0.05, 0) is 41.7 Å². The fraction of sp³-hybridized carbons (Fsp3) is 0.385. The number of thiol groups is 1. The van der Waals surface area contributed by atoms with Crippen LogP contribution in [0, 0.1) is 0 Å². The van der Waals surface area contributed by atoms with Crippen LogP contribution in [0.4, 0.5) is 0 Å². The summed E-state index contributed by atoms with van der Waals surface area (Å²) in [6, 6.07) is 10.8. The van der Waals surface area contributed by atoms with Gasteiger partial charge in [0.1, 0.15) is 23.9 Å². The van der Waals surface area contributed by atoms with Crippen LogP contribution in [-0.2, 0) is 32.0 Å². The first-order valence-electron chi connectivity index (χ1n) is 12.0. The molecule has 0 aliphatic heterocycles. The zero-order chi connectivity index (χ0) is 28.1. The van der Waals surface area contributed by atoms with Crippen molar-refractivity contribution in [2.75, 3.05) is 17.8 Å². The van der Waals surface area contributed by atoms with Gasteiger partial charge in [0, 0.05) is 18.6 Å². The summed E-state index contributed by atoms with van der Waals surface area (Å²) < 4.78 is 0. The third-order valence-electron chi connectivity index (χ3n) is 5.69. The third kappa shape index (κ3) is 10.3. The number of benzene rings is 2. The topological polar surface area (TPSA) is 171 Å². The molecule has 0 saturated heterocycles. The number of carbonyl (C=O) groups is 4. The molecule has 206 valence electrons. The standard InChI is InChI=1S/C26H34N4O6S2/c1-38-12-11-19(27)23(32)28-20(14-17-7-9-18(31)10-8-17)24(33)29-21(13-16-5-3-2-4-6-16)25(34)30-22(15-37)26(35)36/h2-10,19-22,31,37H,11-15,27H2,1H3,(H,28,32)(H,29,33)(H,30,34)(H,35,36). The Balaban J connectivity index is 2.28. The molecule has 4 unspecified atom stereocenters. The Morgan fingerprint density at radius 2 is 1.34 bits per heavy atom. The van der Waals surface area contributed by atoms with E-state index in [4.69, 9.17) is 5.73 Å². The second-order valence-corrected chi connectivity index (χ2v) is 10.0. The first-order valence-corrected chi connectivity index (χ1v) is 14.0. The van der Waals surface area contributed by atoms with Crippen molar-refractivity contribution in [3.63, 3.8) is 0 Å². The van der Waals surface area contributed by atoms with Gasteiger partial charge in [-0.3, -0.25) is 14.4 Å². The number of thioether (sulfide) groups is 1. The van der Waals surface area contributed by atoms with E-state index < -0.39 is 47.9 Å². The number of carbonyl (C=O) groups excluding carboxylic acids is 3. The lowest BCUT2D eigenvalue weighted by molar-refractivity contribution is -0.141. The molecule has 2 rings (SSSR count). The smallest absolute Gasteiger partial charge is 0.327 e. The fourth-order valence-corrected chi connectivity index (χ4v) is 4.26. The number of nitrogens with one attached hydrogen (secondary N) is 3. The van der Waals surface area contributed by atoms with E-state index in [1.807, 2.05) is 12.3 Å². The molecule has 0 bridgehead atoms. The summed E-state index contributed by atoms with van der Waals surface area (Å²) >= 11 is 5.52. The molecule has 7 N–H and O–H groups in total. The molecule has 0 aromatic heterocycles. The number of hydrogen-bond acceptors (Lipinski definition) is 8. The Kier molecular flexibility index (Phi) is 13.0. The van der Waals surface area contributed by atoms with Crippen molar-refractivity contribution in [3.8, 4) is 5.75 Å². The van der Waals surface area contributed by atoms with Gasteiger partial charge in [0.25, 0.3) is 0 Å². The predicted molar refractivity (Wildman–Crippen MR) is 150 cm³/mol. The first kappa shape index (κ1) is 31.0. The lowest BCUT2D eigenvalue weighted by atomic mass is 10.0. The second-order valence-electron chi connectivity index (χ2n) is 8.65. The van der Waals surface area contributed by atoms with Gasteiger partial charge in [0.15, 0.2) is 0 Å². The molecular formula is C26H34N4O6S2. The van der Waals surface area contributed by atoms with Crippen LogP contribution in [0.3, 0.4) is 0 Å². The molecule has 0 spiro atoms. The molecule has 38 heavy (non-hydrogen) atoms. The van der Waals surface area contributed by atoms with Crippen LogP contribution in [0.15, 0.2) is 54.6 Å². The van der Waals surface area contributed by atoms with E-state index >= 15 is 0 Å². The van der Waals surface area contributed by atoms with Gasteiger partial charge in [0.05, 0.1) is 6.04 Å². The molecule has 0 saturated carbocycles. The van der Waals surface area contributed by atoms with Crippen molar-refractivity contribution in [2.45, 2.75) is 43.4 Å². The molecule has 10 nitrogen and oxygen atoms in total. The molecule has 0 fully saturated rings. The van der Waals surface area contributed by atoms with Crippen molar-refractivity contribution >= 4 is 48.1 Å². The summed E-state index contributed by atoms with van der Waals surface area (Å²) in [7, 11) is 0. The Hall–Kier alpha value is -3.22. The van der Waals surface area contributed by atoms with Crippen LogP contribution >= 0.6 is 24.4 Å². The molecule has 0 aliphatic carbocycles. The number of rotatable bonds is 15. The van der Waals surface area contributed by atoms with Gasteiger partial charge >= 0.3 is 5.97 Å². The number of carboxylic acid groups (broad SMARTS) is 1. The van der Waals surface area contributed by atoms with E-state index in [9.17, 15) is 29.4 Å². The summed E-state index contributed by atoms with van der Waals surface area (Å²) in [5, 5.41) is 26.7. The van der Waals surface area contributed by atoms with E-state index in [0.717, 1.165) is 5.56 Å². The largest absolute Gasteiger partial charge is 0.508 e. The SMILES string of the molecule is CSCCC(N)C(=O)NC(Cc1ccc(O)cc1)C(=O)NC(Cc1ccccc1)C(=O)NC(CS)C(=O)O. The van der Waals surface area contributed by atoms with Gasteiger partial charge in [0.2, 0.25) is 17.7 Å². The van der Waals surface area contributed by atoms with Crippen molar-refractivity contribution in [2.24, 2.45) is 5.73 Å².